The lowest BCUT2D eigenvalue weighted by molar-refractivity contribution is 0.0527. The van der Waals surface area contributed by atoms with Crippen LogP contribution in [0.5, 0.6) is 0 Å². The van der Waals surface area contributed by atoms with Crippen LogP contribution in [0.3, 0.4) is 0 Å². The summed E-state index contributed by atoms with van der Waals surface area (Å²) in [5, 5.41) is 5.90. The largest absolute Gasteiger partial charge is 0.462 e. The molecule has 0 aliphatic carbocycles. The maximum Gasteiger partial charge on any atom is 0.340 e. The Balaban J connectivity index is 1.70. The average molecular weight is 390 g/mol. The third kappa shape index (κ3) is 5.38. The quantitative estimate of drug-likeness (QED) is 0.599. The van der Waals surface area contributed by atoms with Gasteiger partial charge in [-0.25, -0.2) is 14.8 Å². The first-order valence-corrected chi connectivity index (χ1v) is 9.25. The highest BCUT2D eigenvalue weighted by atomic mass is 16.5. The van der Waals surface area contributed by atoms with Crippen molar-refractivity contribution < 1.29 is 14.3 Å². The number of rotatable bonds is 7. The van der Waals surface area contributed by atoms with E-state index in [0.29, 0.717) is 23.6 Å². The number of nitrogens with zero attached hydrogens (tertiary/aromatic N) is 2. The van der Waals surface area contributed by atoms with Gasteiger partial charge < -0.3 is 15.4 Å². The molecule has 0 spiro atoms. The lowest BCUT2D eigenvalue weighted by atomic mass is 10.1. The minimum absolute atomic E-state index is 0.225. The van der Waals surface area contributed by atoms with Gasteiger partial charge in [0.25, 0.3) is 5.91 Å². The van der Waals surface area contributed by atoms with Gasteiger partial charge >= 0.3 is 5.97 Å². The van der Waals surface area contributed by atoms with Crippen LogP contribution >= 0.6 is 0 Å². The normalized spacial score (nSPS) is 10.3. The number of carbonyl (C=O) groups is 2. The van der Waals surface area contributed by atoms with Crippen LogP contribution in [0.25, 0.3) is 0 Å². The molecule has 1 aromatic heterocycles. The summed E-state index contributed by atoms with van der Waals surface area (Å²) in [6, 6.07) is 16.4. The fourth-order valence-corrected chi connectivity index (χ4v) is 2.65. The second kappa shape index (κ2) is 9.45. The van der Waals surface area contributed by atoms with Crippen molar-refractivity contribution in [1.82, 2.24) is 15.3 Å². The molecule has 29 heavy (non-hydrogen) atoms. The van der Waals surface area contributed by atoms with E-state index in [1.807, 2.05) is 31.2 Å². The summed E-state index contributed by atoms with van der Waals surface area (Å²) in [5.74, 6) is -0.340. The lowest BCUT2D eigenvalue weighted by Gasteiger charge is -2.11. The van der Waals surface area contributed by atoms with Crippen LogP contribution < -0.4 is 10.6 Å². The maximum absolute atomic E-state index is 12.4. The Labute approximate surface area is 169 Å². The lowest BCUT2D eigenvalue weighted by Crippen LogP contribution is -2.24. The van der Waals surface area contributed by atoms with Gasteiger partial charge in [0.1, 0.15) is 17.8 Å². The molecular formula is C22H22N4O3. The molecule has 0 unspecified atom stereocenters. The summed E-state index contributed by atoms with van der Waals surface area (Å²) < 4.78 is 5.07. The van der Waals surface area contributed by atoms with Crippen LogP contribution in [0, 0.1) is 6.92 Å². The number of hydrogen-bond acceptors (Lipinski definition) is 6. The molecule has 7 heteroatoms. The van der Waals surface area contributed by atoms with Crippen LogP contribution in [0.2, 0.25) is 0 Å². The van der Waals surface area contributed by atoms with Gasteiger partial charge in [-0.2, -0.15) is 0 Å². The minimum Gasteiger partial charge on any atom is -0.462 e. The summed E-state index contributed by atoms with van der Waals surface area (Å²) in [7, 11) is 0. The van der Waals surface area contributed by atoms with Gasteiger partial charge in [0.2, 0.25) is 0 Å². The molecule has 3 aromatic rings. The maximum atomic E-state index is 12.4. The Hall–Kier alpha value is -3.74. The van der Waals surface area contributed by atoms with Crippen molar-refractivity contribution in [2.24, 2.45) is 0 Å². The fourth-order valence-electron chi connectivity index (χ4n) is 2.65. The molecule has 148 valence electrons. The third-order valence-electron chi connectivity index (χ3n) is 4.16. The molecule has 2 aromatic carbocycles. The van der Waals surface area contributed by atoms with Gasteiger partial charge in [-0.1, -0.05) is 42.0 Å². The minimum atomic E-state index is -0.430. The molecule has 3 rings (SSSR count). The van der Waals surface area contributed by atoms with E-state index in [1.165, 1.54) is 12.4 Å². The first-order chi connectivity index (χ1) is 14.1. The molecule has 0 aliphatic rings. The second-order valence-electron chi connectivity index (χ2n) is 6.35. The molecule has 0 saturated heterocycles. The molecule has 7 nitrogen and oxygen atoms in total. The van der Waals surface area contributed by atoms with Crippen molar-refractivity contribution >= 4 is 23.4 Å². The molecule has 0 saturated carbocycles. The number of anilines is 2. The van der Waals surface area contributed by atoms with Crippen molar-refractivity contribution in [1.29, 1.82) is 0 Å². The third-order valence-corrected chi connectivity index (χ3v) is 4.16. The van der Waals surface area contributed by atoms with Gasteiger partial charge in [0.15, 0.2) is 0 Å². The van der Waals surface area contributed by atoms with E-state index in [2.05, 4.69) is 20.6 Å². The number of hydrogen-bond donors (Lipinski definition) is 2. The van der Waals surface area contributed by atoms with Crippen molar-refractivity contribution in [3.8, 4) is 0 Å². The van der Waals surface area contributed by atoms with Crippen molar-refractivity contribution in [3.63, 3.8) is 0 Å². The average Bonchev–Trinajstić information content (AvgIpc) is 2.74. The Morgan fingerprint density at radius 1 is 1.03 bits per heavy atom. The smallest absolute Gasteiger partial charge is 0.340 e. The Kier molecular flexibility index (Phi) is 6.52. The van der Waals surface area contributed by atoms with Gasteiger partial charge in [-0.3, -0.25) is 4.79 Å². The number of carbonyl (C=O) groups excluding carboxylic acids is 2. The van der Waals surface area contributed by atoms with Crippen LogP contribution in [0.4, 0.5) is 11.5 Å². The van der Waals surface area contributed by atoms with Gasteiger partial charge in [-0.15, -0.1) is 0 Å². The van der Waals surface area contributed by atoms with Crippen molar-refractivity contribution in [2.45, 2.75) is 20.4 Å². The summed E-state index contributed by atoms with van der Waals surface area (Å²) in [6.07, 6.45) is 1.30. The standard InChI is InChI=1S/C22H22N4O3/c1-3-29-22(28)17-6-4-5-7-18(17)26-20-12-19(24-14-25-20)21(27)23-13-16-10-8-15(2)9-11-16/h4-12,14H,3,13H2,1-2H3,(H,23,27)(H,24,25,26). The van der Waals surface area contributed by atoms with Gasteiger partial charge in [0, 0.05) is 12.6 Å². The number of benzene rings is 2. The topological polar surface area (TPSA) is 93.2 Å². The Morgan fingerprint density at radius 3 is 2.55 bits per heavy atom. The fraction of sp³-hybridized carbons (Fsp3) is 0.182. The number of amides is 1. The number of aryl methyl sites for hydroxylation is 1. The predicted octanol–water partition coefficient (Wildman–Crippen LogP) is 3.64. The van der Waals surface area contributed by atoms with Crippen LogP contribution in [-0.4, -0.2) is 28.5 Å². The van der Waals surface area contributed by atoms with E-state index in [4.69, 9.17) is 4.74 Å². The van der Waals surface area contributed by atoms with E-state index in [9.17, 15) is 9.59 Å². The summed E-state index contributed by atoms with van der Waals surface area (Å²) in [4.78, 5) is 32.7. The second-order valence-corrected chi connectivity index (χ2v) is 6.35. The van der Waals surface area contributed by atoms with Crippen molar-refractivity contribution in [3.05, 3.63) is 83.3 Å². The van der Waals surface area contributed by atoms with Crippen LogP contribution in [0.1, 0.15) is 38.9 Å². The van der Waals surface area contributed by atoms with Crippen molar-refractivity contribution in [2.75, 3.05) is 11.9 Å². The summed E-state index contributed by atoms with van der Waals surface area (Å²) >= 11 is 0. The van der Waals surface area contributed by atoms with Gasteiger partial charge in [0.05, 0.1) is 17.9 Å². The van der Waals surface area contributed by atoms with Crippen LogP contribution in [-0.2, 0) is 11.3 Å². The zero-order valence-electron chi connectivity index (χ0n) is 16.3. The van der Waals surface area contributed by atoms with Crippen LogP contribution in [0.15, 0.2) is 60.9 Å². The molecule has 0 atom stereocenters. The number of para-hydroxylation sites is 1. The molecule has 2 N–H and O–H groups in total. The SMILES string of the molecule is CCOC(=O)c1ccccc1Nc1cc(C(=O)NCc2ccc(C)cc2)ncn1. The zero-order valence-corrected chi connectivity index (χ0v) is 16.3. The molecular weight excluding hydrogens is 368 g/mol. The Morgan fingerprint density at radius 2 is 1.79 bits per heavy atom. The zero-order chi connectivity index (χ0) is 20.6. The van der Waals surface area contributed by atoms with E-state index >= 15 is 0 Å². The number of nitrogens with one attached hydrogen (secondary N) is 2. The van der Waals surface area contributed by atoms with E-state index in [0.717, 1.165) is 11.1 Å². The first-order valence-electron chi connectivity index (χ1n) is 9.25. The monoisotopic (exact) mass is 390 g/mol. The Bertz CT molecular complexity index is 1000. The van der Waals surface area contributed by atoms with Gasteiger partial charge in [-0.05, 0) is 31.5 Å². The summed E-state index contributed by atoms with van der Waals surface area (Å²) in [5.41, 5.74) is 3.31. The number of ether oxygens (including phenoxy) is 1. The van der Waals surface area contributed by atoms with E-state index in [1.54, 1.807) is 31.2 Å². The molecule has 0 fully saturated rings. The molecule has 1 amide bonds. The molecule has 0 bridgehead atoms. The van der Waals surface area contributed by atoms with E-state index < -0.39 is 5.97 Å². The highest BCUT2D eigenvalue weighted by molar-refractivity contribution is 5.97. The molecule has 0 radical (unpaired) electrons. The predicted molar refractivity (Wildman–Crippen MR) is 110 cm³/mol. The molecule has 0 aliphatic heterocycles. The number of esters is 1. The highest BCUT2D eigenvalue weighted by Gasteiger charge is 2.14. The van der Waals surface area contributed by atoms with E-state index in [-0.39, 0.29) is 18.2 Å². The number of aromatic nitrogens is 2. The highest BCUT2D eigenvalue weighted by Crippen LogP contribution is 2.20. The first kappa shape index (κ1) is 20.0. The molecule has 1 heterocycles. The summed E-state index contributed by atoms with van der Waals surface area (Å²) in [6.45, 7) is 4.45.